The molecule has 0 spiro atoms. The van der Waals surface area contributed by atoms with Gasteiger partial charge in [-0.2, -0.15) is 0 Å². The van der Waals surface area contributed by atoms with Gasteiger partial charge < -0.3 is 14.7 Å². The van der Waals surface area contributed by atoms with Gasteiger partial charge in [-0.05, 0) is 43.5 Å². The molecule has 3 heteroatoms. The van der Waals surface area contributed by atoms with E-state index in [9.17, 15) is 5.11 Å². The number of hydrogen-bond donors (Lipinski definition) is 1. The molecule has 2 rings (SSSR count). The number of unbranched alkanes of at least 4 members (excludes halogenated alkanes) is 2. The van der Waals surface area contributed by atoms with Crippen molar-refractivity contribution in [2.45, 2.75) is 52.1 Å². The molecule has 1 aliphatic rings. The van der Waals surface area contributed by atoms with Crippen molar-refractivity contribution < 1.29 is 9.84 Å². The fourth-order valence-electron chi connectivity index (χ4n) is 3.15. The van der Waals surface area contributed by atoms with Gasteiger partial charge in [-0.25, -0.2) is 0 Å². The van der Waals surface area contributed by atoms with Crippen LogP contribution in [0.1, 0.15) is 45.1 Å². The highest BCUT2D eigenvalue weighted by atomic mass is 16.5. The summed E-state index contributed by atoms with van der Waals surface area (Å²) < 4.78 is 5.75. The highest BCUT2D eigenvalue weighted by molar-refractivity contribution is 5.27. The second-order valence-electron chi connectivity index (χ2n) is 6.41. The topological polar surface area (TPSA) is 32.7 Å². The van der Waals surface area contributed by atoms with E-state index >= 15 is 0 Å². The van der Waals surface area contributed by atoms with Crippen LogP contribution in [-0.2, 0) is 6.42 Å². The van der Waals surface area contributed by atoms with Crippen LogP contribution in [0.25, 0.3) is 0 Å². The Bertz CT molecular complexity index is 418. The van der Waals surface area contributed by atoms with Crippen LogP contribution in [0.4, 0.5) is 0 Å². The van der Waals surface area contributed by atoms with Gasteiger partial charge in [0.15, 0.2) is 0 Å². The molecule has 1 aromatic rings. The van der Waals surface area contributed by atoms with Crippen LogP contribution in [-0.4, -0.2) is 42.4 Å². The number of aliphatic hydroxyl groups excluding tert-OH is 1. The van der Waals surface area contributed by atoms with E-state index in [0.29, 0.717) is 5.92 Å². The summed E-state index contributed by atoms with van der Waals surface area (Å²) in [7, 11) is 0. The molecule has 0 aromatic heterocycles. The molecule has 1 fully saturated rings. The molecular formula is C19H31NO2. The van der Waals surface area contributed by atoms with Crippen molar-refractivity contribution in [3.63, 3.8) is 0 Å². The number of aliphatic hydroxyl groups is 1. The van der Waals surface area contributed by atoms with Crippen LogP contribution < -0.4 is 4.74 Å². The quantitative estimate of drug-likeness (QED) is 0.746. The van der Waals surface area contributed by atoms with Crippen molar-refractivity contribution in [2.24, 2.45) is 5.92 Å². The molecule has 1 aromatic carbocycles. The van der Waals surface area contributed by atoms with Crippen LogP contribution >= 0.6 is 0 Å². The summed E-state index contributed by atoms with van der Waals surface area (Å²) in [6.07, 6.45) is 5.27. The molecule has 2 unspecified atom stereocenters. The fraction of sp³-hybridized carbons (Fsp3) is 0.684. The van der Waals surface area contributed by atoms with E-state index in [4.69, 9.17) is 4.74 Å². The lowest BCUT2D eigenvalue weighted by Crippen LogP contribution is -2.43. The molecule has 3 nitrogen and oxygen atoms in total. The number of rotatable bonds is 8. The zero-order valence-electron chi connectivity index (χ0n) is 14.1. The maximum absolute atomic E-state index is 10.2. The average Bonchev–Trinajstić information content (AvgIpc) is 2.55. The van der Waals surface area contributed by atoms with Gasteiger partial charge in [0.25, 0.3) is 0 Å². The van der Waals surface area contributed by atoms with Gasteiger partial charge in [0.2, 0.25) is 0 Å². The Morgan fingerprint density at radius 1 is 1.18 bits per heavy atom. The average molecular weight is 305 g/mol. The molecule has 0 amide bonds. The molecular weight excluding hydrogens is 274 g/mol. The van der Waals surface area contributed by atoms with E-state index in [1.807, 2.05) is 0 Å². The van der Waals surface area contributed by atoms with Crippen molar-refractivity contribution >= 4 is 0 Å². The Hall–Kier alpha value is -1.06. The highest BCUT2D eigenvalue weighted by Crippen LogP contribution is 2.22. The van der Waals surface area contributed by atoms with Crippen molar-refractivity contribution in [3.05, 3.63) is 29.8 Å². The molecule has 1 aliphatic heterocycles. The minimum absolute atomic E-state index is 0.159. The predicted octanol–water partition coefficient (Wildman–Crippen LogP) is 3.50. The molecule has 1 N–H and O–H groups in total. The van der Waals surface area contributed by atoms with Crippen molar-refractivity contribution in [2.75, 3.05) is 26.2 Å². The Labute approximate surface area is 135 Å². The summed E-state index contributed by atoms with van der Waals surface area (Å²) in [6.45, 7) is 8.31. The van der Waals surface area contributed by atoms with E-state index in [0.717, 1.165) is 51.3 Å². The summed E-state index contributed by atoms with van der Waals surface area (Å²) in [5, 5.41) is 10.2. The maximum atomic E-state index is 10.2. The third kappa shape index (κ3) is 5.29. The molecule has 1 saturated heterocycles. The number of likely N-dealkylation sites (tertiary alicyclic amines) is 1. The first kappa shape index (κ1) is 17.3. The summed E-state index contributed by atoms with van der Waals surface area (Å²) in [5.74, 6) is 1.31. The van der Waals surface area contributed by atoms with Gasteiger partial charge in [-0.1, -0.05) is 38.8 Å². The first-order valence-electron chi connectivity index (χ1n) is 8.85. The Kier molecular flexibility index (Phi) is 7.20. The van der Waals surface area contributed by atoms with Gasteiger partial charge in [-0.15, -0.1) is 0 Å². The molecule has 0 aliphatic carbocycles. The van der Waals surface area contributed by atoms with Crippen LogP contribution in [0.2, 0.25) is 0 Å². The predicted molar refractivity (Wildman–Crippen MR) is 91.4 cm³/mol. The molecule has 2 atom stereocenters. The normalized spacial score (nSPS) is 22.7. The summed E-state index contributed by atoms with van der Waals surface area (Å²) >= 11 is 0. The Morgan fingerprint density at radius 3 is 2.64 bits per heavy atom. The lowest BCUT2D eigenvalue weighted by Gasteiger charge is -2.35. The Morgan fingerprint density at radius 2 is 1.95 bits per heavy atom. The first-order chi connectivity index (χ1) is 10.7. The van der Waals surface area contributed by atoms with Crippen molar-refractivity contribution in [1.29, 1.82) is 0 Å². The first-order valence-corrected chi connectivity index (χ1v) is 8.85. The number of ether oxygens (including phenoxy) is 1. The number of hydrogen-bond acceptors (Lipinski definition) is 3. The fourth-order valence-corrected chi connectivity index (χ4v) is 3.15. The van der Waals surface area contributed by atoms with Gasteiger partial charge in [0, 0.05) is 19.0 Å². The second-order valence-corrected chi connectivity index (χ2v) is 6.41. The largest absolute Gasteiger partial charge is 0.494 e. The summed E-state index contributed by atoms with van der Waals surface area (Å²) in [4.78, 5) is 2.43. The molecule has 22 heavy (non-hydrogen) atoms. The van der Waals surface area contributed by atoms with E-state index in [1.54, 1.807) is 0 Å². The minimum atomic E-state index is -0.159. The zero-order chi connectivity index (χ0) is 15.8. The van der Waals surface area contributed by atoms with E-state index in [-0.39, 0.29) is 6.10 Å². The molecule has 0 saturated carbocycles. The monoisotopic (exact) mass is 305 g/mol. The molecule has 0 radical (unpaired) electrons. The number of nitrogens with zero attached hydrogens (tertiary/aromatic N) is 1. The number of piperidine rings is 1. The summed E-state index contributed by atoms with van der Waals surface area (Å²) in [6, 6.07) is 8.42. The second kappa shape index (κ2) is 9.16. The number of benzene rings is 1. The third-order valence-electron chi connectivity index (χ3n) is 4.66. The third-order valence-corrected chi connectivity index (χ3v) is 4.66. The molecule has 0 bridgehead atoms. The summed E-state index contributed by atoms with van der Waals surface area (Å²) in [5.41, 5.74) is 1.29. The van der Waals surface area contributed by atoms with Gasteiger partial charge >= 0.3 is 0 Å². The van der Waals surface area contributed by atoms with Gasteiger partial charge in [-0.3, -0.25) is 0 Å². The van der Waals surface area contributed by atoms with Crippen molar-refractivity contribution in [3.8, 4) is 5.75 Å². The van der Waals surface area contributed by atoms with Gasteiger partial charge in [0.1, 0.15) is 5.75 Å². The smallest absolute Gasteiger partial charge is 0.119 e. The van der Waals surface area contributed by atoms with Crippen LogP contribution in [0.15, 0.2) is 24.3 Å². The standard InChI is InChI=1S/C19H31NO2/c1-3-5-6-13-22-18-9-7-16(8-10-18)14-17-15-20(4-2)12-11-19(17)21/h7-10,17,19,21H,3-6,11-15H2,1-2H3. The van der Waals surface area contributed by atoms with E-state index in [1.165, 1.54) is 18.4 Å². The Balaban J connectivity index is 1.82. The SMILES string of the molecule is CCCCCOc1ccc(CC2CN(CC)CCC2O)cc1. The highest BCUT2D eigenvalue weighted by Gasteiger charge is 2.26. The molecule has 1 heterocycles. The minimum Gasteiger partial charge on any atom is -0.494 e. The lowest BCUT2D eigenvalue weighted by molar-refractivity contribution is 0.0290. The van der Waals surface area contributed by atoms with Crippen LogP contribution in [0, 0.1) is 5.92 Å². The van der Waals surface area contributed by atoms with E-state index in [2.05, 4.69) is 43.0 Å². The van der Waals surface area contributed by atoms with Crippen LogP contribution in [0.5, 0.6) is 5.75 Å². The molecule has 124 valence electrons. The lowest BCUT2D eigenvalue weighted by atomic mass is 9.89. The zero-order valence-corrected chi connectivity index (χ0v) is 14.1. The van der Waals surface area contributed by atoms with Gasteiger partial charge in [0.05, 0.1) is 12.7 Å². The maximum Gasteiger partial charge on any atom is 0.119 e. The van der Waals surface area contributed by atoms with Crippen molar-refractivity contribution in [1.82, 2.24) is 4.90 Å². The van der Waals surface area contributed by atoms with Crippen LogP contribution in [0.3, 0.4) is 0 Å². The van der Waals surface area contributed by atoms with E-state index < -0.39 is 0 Å².